The number of esters is 1. The molecule has 0 bridgehead atoms. The minimum Gasteiger partial charge on any atom is -0.463 e. The Morgan fingerprint density at radius 2 is 1.83 bits per heavy atom. The normalized spacial score (nSPS) is 16.0. The van der Waals surface area contributed by atoms with Gasteiger partial charge in [0, 0.05) is 39.8 Å². The van der Waals surface area contributed by atoms with Crippen molar-refractivity contribution in [2.75, 3.05) is 17.0 Å². The number of hydroxylamine groups is 1. The maximum absolute atomic E-state index is 14.1. The molecular formula is C36H31ClN6O5. The van der Waals surface area contributed by atoms with Crippen LogP contribution in [0.3, 0.4) is 0 Å². The van der Waals surface area contributed by atoms with E-state index in [1.807, 2.05) is 41.8 Å². The summed E-state index contributed by atoms with van der Waals surface area (Å²) in [4.78, 5) is 52.8. The molecule has 2 unspecified atom stereocenters. The lowest BCUT2D eigenvalue weighted by atomic mass is 9.74. The first-order valence-electron chi connectivity index (χ1n) is 15.2. The van der Waals surface area contributed by atoms with Gasteiger partial charge < -0.3 is 10.1 Å². The van der Waals surface area contributed by atoms with Gasteiger partial charge in [-0.3, -0.25) is 29.3 Å². The summed E-state index contributed by atoms with van der Waals surface area (Å²) in [5.74, 6) is -2.14. The van der Waals surface area contributed by atoms with Gasteiger partial charge in [-0.2, -0.15) is 5.06 Å². The summed E-state index contributed by atoms with van der Waals surface area (Å²) in [6.07, 6.45) is 3.68. The van der Waals surface area contributed by atoms with E-state index in [1.165, 1.54) is 12.1 Å². The topological polar surface area (TPSA) is 139 Å². The van der Waals surface area contributed by atoms with Crippen molar-refractivity contribution in [1.29, 1.82) is 0 Å². The highest BCUT2D eigenvalue weighted by Crippen LogP contribution is 2.45. The van der Waals surface area contributed by atoms with Crippen molar-refractivity contribution in [3.05, 3.63) is 119 Å². The number of ether oxygens (including phenoxy) is 1. The molecule has 0 fully saturated rings. The summed E-state index contributed by atoms with van der Waals surface area (Å²) < 4.78 is 7.60. The van der Waals surface area contributed by atoms with Crippen molar-refractivity contribution in [1.82, 2.24) is 14.5 Å². The molecule has 2 aromatic heterocycles. The number of carbonyl (C=O) groups excluding carboxylic acids is 3. The fourth-order valence-electron chi connectivity index (χ4n) is 6.07. The van der Waals surface area contributed by atoms with Crippen molar-refractivity contribution < 1.29 is 24.3 Å². The van der Waals surface area contributed by atoms with Crippen LogP contribution in [-0.4, -0.2) is 50.3 Å². The van der Waals surface area contributed by atoms with Crippen LogP contribution in [0, 0.1) is 12.8 Å². The molecule has 12 heteroatoms. The van der Waals surface area contributed by atoms with E-state index in [0.29, 0.717) is 38.3 Å². The number of halogens is 1. The van der Waals surface area contributed by atoms with Crippen molar-refractivity contribution in [2.24, 2.45) is 10.9 Å². The highest BCUT2D eigenvalue weighted by Gasteiger charge is 2.43. The van der Waals surface area contributed by atoms with Gasteiger partial charge in [0.25, 0.3) is 0 Å². The highest BCUT2D eigenvalue weighted by molar-refractivity contribution is 6.31. The number of nitrogens with one attached hydrogen (secondary N) is 1. The molecule has 1 aliphatic heterocycles. The maximum Gasteiger partial charge on any atom is 0.336 e. The molecule has 6 rings (SSSR count). The number of hydrogen-bond acceptors (Lipinski definition) is 8. The van der Waals surface area contributed by atoms with Crippen molar-refractivity contribution in [2.45, 2.75) is 26.7 Å². The molecule has 0 saturated carbocycles. The molecular weight excluding hydrogens is 632 g/mol. The SMILES string of the molecule is CCOC(=O)C1=C(c2ccc(-n3c(C)nc4cnccc43)cc2)N=C(C)C(C(=O)Nc2cccc(N(O)C=O)c2)C1c1ccccc1Cl. The lowest BCUT2D eigenvalue weighted by Gasteiger charge is -2.33. The maximum atomic E-state index is 14.1. The zero-order valence-electron chi connectivity index (χ0n) is 26.3. The number of carbonyl (C=O) groups is 3. The molecule has 0 aliphatic carbocycles. The zero-order valence-corrected chi connectivity index (χ0v) is 27.0. The number of aryl methyl sites for hydroxylation is 1. The van der Waals surface area contributed by atoms with Crippen LogP contribution in [0.15, 0.2) is 102 Å². The molecule has 2 N–H and O–H groups in total. The number of pyridine rings is 1. The molecule has 0 spiro atoms. The summed E-state index contributed by atoms with van der Waals surface area (Å²) in [6, 6.07) is 22.7. The van der Waals surface area contributed by atoms with Crippen LogP contribution < -0.4 is 10.4 Å². The van der Waals surface area contributed by atoms with Gasteiger partial charge in [-0.25, -0.2) is 9.78 Å². The average Bonchev–Trinajstić information content (AvgIpc) is 3.43. The lowest BCUT2D eigenvalue weighted by molar-refractivity contribution is -0.138. The van der Waals surface area contributed by atoms with Gasteiger partial charge in [-0.1, -0.05) is 48.0 Å². The Labute approximate surface area is 281 Å². The van der Waals surface area contributed by atoms with Crippen molar-refractivity contribution in [3.63, 3.8) is 0 Å². The molecule has 0 saturated heterocycles. The Morgan fingerprint density at radius 1 is 1.06 bits per heavy atom. The van der Waals surface area contributed by atoms with Crippen LogP contribution in [0.2, 0.25) is 5.02 Å². The number of anilines is 2. The van der Waals surface area contributed by atoms with E-state index in [9.17, 15) is 19.6 Å². The van der Waals surface area contributed by atoms with Gasteiger partial charge in [-0.15, -0.1) is 0 Å². The number of amides is 2. The van der Waals surface area contributed by atoms with E-state index in [1.54, 1.807) is 62.6 Å². The molecule has 2 atom stereocenters. The van der Waals surface area contributed by atoms with Gasteiger partial charge in [0.1, 0.15) is 11.3 Å². The molecule has 0 radical (unpaired) electrons. The molecule has 242 valence electrons. The van der Waals surface area contributed by atoms with Crippen LogP contribution in [0.5, 0.6) is 0 Å². The van der Waals surface area contributed by atoms with Crippen LogP contribution >= 0.6 is 11.6 Å². The smallest absolute Gasteiger partial charge is 0.336 e. The van der Waals surface area contributed by atoms with E-state index in [0.717, 1.165) is 22.5 Å². The lowest BCUT2D eigenvalue weighted by Crippen LogP contribution is -2.38. The van der Waals surface area contributed by atoms with Crippen LogP contribution in [0.1, 0.15) is 36.7 Å². The zero-order chi connectivity index (χ0) is 33.9. The highest BCUT2D eigenvalue weighted by atomic mass is 35.5. The Morgan fingerprint density at radius 3 is 2.56 bits per heavy atom. The molecule has 5 aromatic rings. The monoisotopic (exact) mass is 662 g/mol. The summed E-state index contributed by atoms with van der Waals surface area (Å²) >= 11 is 6.76. The van der Waals surface area contributed by atoms with E-state index < -0.39 is 23.7 Å². The molecule has 1 aliphatic rings. The first-order chi connectivity index (χ1) is 23.2. The third-order valence-corrected chi connectivity index (χ3v) is 8.50. The number of aromatic nitrogens is 3. The molecule has 3 heterocycles. The van der Waals surface area contributed by atoms with Crippen LogP contribution in [-0.2, 0) is 19.1 Å². The van der Waals surface area contributed by atoms with Gasteiger partial charge in [0.05, 0.1) is 41.2 Å². The van der Waals surface area contributed by atoms with Crippen LogP contribution in [0.25, 0.3) is 22.4 Å². The third-order valence-electron chi connectivity index (χ3n) is 8.16. The number of hydrogen-bond donors (Lipinski definition) is 2. The number of benzene rings is 3. The summed E-state index contributed by atoms with van der Waals surface area (Å²) in [5, 5.41) is 13.5. The van der Waals surface area contributed by atoms with Crippen molar-refractivity contribution >= 4 is 63.7 Å². The fraction of sp³-hybridized carbons (Fsp3) is 0.167. The largest absolute Gasteiger partial charge is 0.463 e. The summed E-state index contributed by atoms with van der Waals surface area (Å²) in [7, 11) is 0. The quantitative estimate of drug-likeness (QED) is 0.0793. The second-order valence-electron chi connectivity index (χ2n) is 11.1. The number of nitrogens with zero attached hydrogens (tertiary/aromatic N) is 5. The Hall–Kier alpha value is -5.65. The second kappa shape index (κ2) is 13.6. The molecule has 2 amide bonds. The number of fused-ring (bicyclic) bond motifs is 1. The Bertz CT molecular complexity index is 2110. The molecule has 11 nitrogen and oxygen atoms in total. The minimum absolute atomic E-state index is 0.104. The number of imidazole rings is 1. The molecule has 48 heavy (non-hydrogen) atoms. The average molecular weight is 663 g/mol. The Kier molecular flexibility index (Phi) is 9.15. The predicted molar refractivity (Wildman–Crippen MR) is 183 cm³/mol. The van der Waals surface area contributed by atoms with Gasteiger partial charge >= 0.3 is 5.97 Å². The van der Waals surface area contributed by atoms with Gasteiger partial charge in [-0.05, 0) is 68.8 Å². The summed E-state index contributed by atoms with van der Waals surface area (Å²) in [5.41, 5.74) is 5.22. The Balaban J connectivity index is 1.47. The second-order valence-corrected chi connectivity index (χ2v) is 11.5. The van der Waals surface area contributed by atoms with E-state index in [4.69, 9.17) is 21.3 Å². The van der Waals surface area contributed by atoms with Gasteiger partial charge in [0.15, 0.2) is 0 Å². The van der Waals surface area contributed by atoms with E-state index in [-0.39, 0.29) is 24.3 Å². The first kappa shape index (κ1) is 32.3. The first-order valence-corrected chi connectivity index (χ1v) is 15.5. The van der Waals surface area contributed by atoms with Crippen LogP contribution in [0.4, 0.5) is 11.4 Å². The summed E-state index contributed by atoms with van der Waals surface area (Å²) in [6.45, 7) is 5.47. The third kappa shape index (κ3) is 6.08. The molecule has 3 aromatic carbocycles. The fourth-order valence-corrected chi connectivity index (χ4v) is 6.32. The minimum atomic E-state index is -0.971. The number of rotatable bonds is 9. The predicted octanol–water partition coefficient (Wildman–Crippen LogP) is 6.52. The van der Waals surface area contributed by atoms with Gasteiger partial charge in [0.2, 0.25) is 12.3 Å². The standard InChI is InChI=1S/C36H31ClN6O5/c1-4-48-36(46)33-32(27-10-5-6-11-28(27)37)31(35(45)41-24-8-7-9-26(18-24)42(47)20-44)21(2)39-34(33)23-12-14-25(15-13-23)43-22(3)40-29-19-38-17-16-30(29)43/h5-20,31-32,47H,4H2,1-3H3,(H,41,45). The van der Waals surface area contributed by atoms with E-state index in [2.05, 4.69) is 15.3 Å². The van der Waals surface area contributed by atoms with E-state index >= 15 is 0 Å². The van der Waals surface area contributed by atoms with Crippen molar-refractivity contribution in [3.8, 4) is 5.69 Å². The number of aliphatic imine (C=N–C) groups is 1.